The first-order chi connectivity index (χ1) is 7.97. The second kappa shape index (κ2) is 3.85. The summed E-state index contributed by atoms with van der Waals surface area (Å²) in [5, 5.41) is 0. The van der Waals surface area contributed by atoms with Gasteiger partial charge in [-0.1, -0.05) is 34.3 Å². The normalized spacial score (nSPS) is 11.7. The van der Waals surface area contributed by atoms with Crippen LogP contribution in [0.15, 0.2) is 12.4 Å². The first kappa shape index (κ1) is 11.6. The van der Waals surface area contributed by atoms with E-state index in [1.165, 1.54) is 5.69 Å². The van der Waals surface area contributed by atoms with Gasteiger partial charge < -0.3 is 4.85 Å². The summed E-state index contributed by atoms with van der Waals surface area (Å²) in [5.74, 6) is 0.394. The van der Waals surface area contributed by atoms with Gasteiger partial charge in [-0.25, -0.2) is 4.98 Å². The van der Waals surface area contributed by atoms with Gasteiger partial charge in [-0.2, -0.15) is 0 Å². The van der Waals surface area contributed by atoms with E-state index in [1.54, 1.807) is 12.4 Å². The Morgan fingerprint density at radius 1 is 1.41 bits per heavy atom. The number of hydrogen-bond acceptors (Lipinski definition) is 2. The Morgan fingerprint density at radius 2 is 2.12 bits per heavy atom. The monoisotopic (exact) mass is 228 g/mol. The highest BCUT2D eigenvalue weighted by Crippen LogP contribution is 2.27. The number of rotatable bonds is 1. The van der Waals surface area contributed by atoms with Gasteiger partial charge in [0.1, 0.15) is 5.65 Å². The van der Waals surface area contributed by atoms with E-state index in [2.05, 4.69) is 42.5 Å². The Morgan fingerprint density at radius 3 is 2.65 bits per heavy atom. The lowest BCUT2D eigenvalue weighted by atomic mass is 9.90. The van der Waals surface area contributed by atoms with Gasteiger partial charge >= 0.3 is 0 Å². The molecule has 0 unspecified atom stereocenters. The summed E-state index contributed by atoms with van der Waals surface area (Å²) in [6.45, 7) is 15.5. The molecule has 0 amide bonds. The Kier molecular flexibility index (Phi) is 2.62. The van der Waals surface area contributed by atoms with Crippen LogP contribution in [0.4, 0.5) is 5.82 Å². The smallest absolute Gasteiger partial charge is 0.274 e. The fraction of sp³-hybridized carbons (Fsp3) is 0.462. The maximum atomic E-state index is 6.97. The van der Waals surface area contributed by atoms with Gasteiger partial charge in [0, 0.05) is 17.2 Å². The molecule has 4 heteroatoms. The van der Waals surface area contributed by atoms with E-state index in [-0.39, 0.29) is 5.41 Å². The summed E-state index contributed by atoms with van der Waals surface area (Å²) in [6.07, 6.45) is 2.61. The van der Waals surface area contributed by atoms with Crippen LogP contribution in [0.5, 0.6) is 0 Å². The molecule has 0 aliphatic rings. The zero-order valence-corrected chi connectivity index (χ0v) is 10.7. The SMILES string of the molecule is [C-]#[N+]c1cc2nc(C(C)(C)C)c(CC)n2cn1. The Hall–Kier alpha value is -1.89. The molecule has 2 rings (SSSR count). The topological polar surface area (TPSA) is 34.5 Å². The predicted octanol–water partition coefficient (Wildman–Crippen LogP) is 3.14. The number of aryl methyl sites for hydroxylation is 1. The quantitative estimate of drug-likeness (QED) is 0.703. The number of imidazole rings is 1. The van der Waals surface area contributed by atoms with E-state index in [9.17, 15) is 0 Å². The molecule has 0 radical (unpaired) electrons. The molecule has 2 aromatic rings. The highest BCUT2D eigenvalue weighted by atomic mass is 15.1. The maximum absolute atomic E-state index is 6.97. The molecule has 2 heterocycles. The maximum Gasteiger partial charge on any atom is 0.274 e. The third kappa shape index (κ3) is 1.89. The van der Waals surface area contributed by atoms with Crippen molar-refractivity contribution in [3.63, 3.8) is 0 Å². The second-order valence-electron chi connectivity index (χ2n) is 5.10. The molecule has 0 aliphatic heterocycles. The lowest BCUT2D eigenvalue weighted by Gasteiger charge is -2.17. The average Bonchev–Trinajstić information content (AvgIpc) is 2.65. The van der Waals surface area contributed by atoms with E-state index in [0.717, 1.165) is 17.8 Å². The minimum absolute atomic E-state index is 0.00956. The molecule has 0 fully saturated rings. The van der Waals surface area contributed by atoms with Crippen LogP contribution in [0.1, 0.15) is 39.1 Å². The zero-order valence-electron chi connectivity index (χ0n) is 10.7. The van der Waals surface area contributed by atoms with Crippen LogP contribution in [0.2, 0.25) is 0 Å². The van der Waals surface area contributed by atoms with Crippen LogP contribution >= 0.6 is 0 Å². The molecule has 0 N–H and O–H groups in total. The van der Waals surface area contributed by atoms with E-state index >= 15 is 0 Å². The standard InChI is InChI=1S/C13H16N4/c1-6-9-12(13(2,3)4)16-11-7-10(14-5)15-8-17(9)11/h7-8H,6H2,1-4H3. The van der Waals surface area contributed by atoms with Crippen LogP contribution in [-0.4, -0.2) is 14.4 Å². The first-order valence-electron chi connectivity index (χ1n) is 5.72. The molecule has 17 heavy (non-hydrogen) atoms. The summed E-state index contributed by atoms with van der Waals surface area (Å²) in [4.78, 5) is 12.1. The van der Waals surface area contributed by atoms with Gasteiger partial charge in [-0.15, -0.1) is 4.98 Å². The van der Waals surface area contributed by atoms with Crippen LogP contribution in [0.25, 0.3) is 10.5 Å². The second-order valence-corrected chi connectivity index (χ2v) is 5.10. The summed E-state index contributed by atoms with van der Waals surface area (Å²) in [5.41, 5.74) is 3.09. The van der Waals surface area contributed by atoms with Gasteiger partial charge in [-0.3, -0.25) is 4.40 Å². The van der Waals surface area contributed by atoms with Crippen molar-refractivity contribution < 1.29 is 0 Å². The van der Waals surface area contributed by atoms with Gasteiger partial charge in [0.2, 0.25) is 0 Å². The van der Waals surface area contributed by atoms with Crippen LogP contribution in [0.3, 0.4) is 0 Å². The van der Waals surface area contributed by atoms with E-state index in [1.807, 2.05) is 4.40 Å². The van der Waals surface area contributed by atoms with E-state index < -0.39 is 0 Å². The number of nitrogens with zero attached hydrogens (tertiary/aromatic N) is 4. The van der Waals surface area contributed by atoms with Crippen molar-refractivity contribution in [1.82, 2.24) is 14.4 Å². The molecule has 4 nitrogen and oxygen atoms in total. The molecule has 0 aliphatic carbocycles. The molecule has 0 saturated heterocycles. The highest BCUT2D eigenvalue weighted by Gasteiger charge is 2.23. The lowest BCUT2D eigenvalue weighted by Crippen LogP contribution is -2.14. The molecule has 0 spiro atoms. The van der Waals surface area contributed by atoms with Crippen molar-refractivity contribution in [2.45, 2.75) is 39.5 Å². The van der Waals surface area contributed by atoms with E-state index in [4.69, 9.17) is 6.57 Å². The van der Waals surface area contributed by atoms with Gasteiger partial charge in [0.05, 0.1) is 5.69 Å². The van der Waals surface area contributed by atoms with Crippen molar-refractivity contribution in [2.24, 2.45) is 0 Å². The highest BCUT2D eigenvalue weighted by molar-refractivity contribution is 5.53. The van der Waals surface area contributed by atoms with Crippen molar-refractivity contribution in [3.8, 4) is 0 Å². The van der Waals surface area contributed by atoms with Crippen LogP contribution in [0, 0.1) is 6.57 Å². The Labute approximate surface area is 101 Å². The van der Waals surface area contributed by atoms with Gasteiger partial charge in [-0.05, 0) is 6.42 Å². The third-order valence-electron chi connectivity index (χ3n) is 2.76. The summed E-state index contributed by atoms with van der Waals surface area (Å²) >= 11 is 0. The van der Waals surface area contributed by atoms with Crippen molar-refractivity contribution >= 4 is 11.5 Å². The molecule has 2 aromatic heterocycles. The summed E-state index contributed by atoms with van der Waals surface area (Å²) in [6, 6.07) is 1.74. The number of fused-ring (bicyclic) bond motifs is 1. The van der Waals surface area contributed by atoms with E-state index in [0.29, 0.717) is 5.82 Å². The Balaban J connectivity index is 2.76. The summed E-state index contributed by atoms with van der Waals surface area (Å²) < 4.78 is 1.98. The van der Waals surface area contributed by atoms with Crippen molar-refractivity contribution in [3.05, 3.63) is 35.2 Å². The molecular weight excluding hydrogens is 212 g/mol. The fourth-order valence-electron chi connectivity index (χ4n) is 1.99. The largest absolute Gasteiger partial charge is 0.360 e. The minimum atomic E-state index is 0.00956. The predicted molar refractivity (Wildman–Crippen MR) is 67.3 cm³/mol. The van der Waals surface area contributed by atoms with Crippen molar-refractivity contribution in [2.75, 3.05) is 0 Å². The molecular formula is C13H16N4. The summed E-state index contributed by atoms with van der Waals surface area (Å²) in [7, 11) is 0. The fourth-order valence-corrected chi connectivity index (χ4v) is 1.99. The number of hydrogen-bond donors (Lipinski definition) is 0. The number of aromatic nitrogens is 3. The van der Waals surface area contributed by atoms with Crippen molar-refractivity contribution in [1.29, 1.82) is 0 Å². The molecule has 0 bridgehead atoms. The minimum Gasteiger partial charge on any atom is -0.360 e. The van der Waals surface area contributed by atoms with Crippen LogP contribution in [-0.2, 0) is 11.8 Å². The molecule has 88 valence electrons. The average molecular weight is 228 g/mol. The van der Waals surface area contributed by atoms with Gasteiger partial charge in [0.15, 0.2) is 6.33 Å². The lowest BCUT2D eigenvalue weighted by molar-refractivity contribution is 0.565. The Bertz CT molecular complexity index is 596. The molecule has 0 saturated carbocycles. The first-order valence-corrected chi connectivity index (χ1v) is 5.72. The zero-order chi connectivity index (χ0) is 12.6. The van der Waals surface area contributed by atoms with Crippen LogP contribution < -0.4 is 0 Å². The van der Waals surface area contributed by atoms with Gasteiger partial charge in [0.25, 0.3) is 5.82 Å². The third-order valence-corrected chi connectivity index (χ3v) is 2.76. The molecule has 0 aromatic carbocycles. The molecule has 0 atom stereocenters.